The Morgan fingerprint density at radius 2 is 2.15 bits per heavy atom. The van der Waals surface area contributed by atoms with Crippen molar-refractivity contribution >= 4 is 17.5 Å². The third kappa shape index (κ3) is 3.20. The first-order valence-corrected chi connectivity index (χ1v) is 9.04. The van der Waals surface area contributed by atoms with Gasteiger partial charge in [0, 0.05) is 31.7 Å². The van der Waals surface area contributed by atoms with Gasteiger partial charge in [-0.25, -0.2) is 4.68 Å². The molecule has 0 radical (unpaired) electrons. The molecule has 2 fully saturated rings. The highest BCUT2D eigenvalue weighted by Gasteiger charge is 2.47. The molecule has 1 aromatic carbocycles. The molecule has 0 bridgehead atoms. The van der Waals surface area contributed by atoms with Crippen molar-refractivity contribution in [3.63, 3.8) is 0 Å². The van der Waals surface area contributed by atoms with Gasteiger partial charge >= 0.3 is 0 Å². The van der Waals surface area contributed by atoms with Crippen LogP contribution in [0.5, 0.6) is 0 Å². The molecule has 2 aliphatic heterocycles. The van der Waals surface area contributed by atoms with Gasteiger partial charge in [0.05, 0.1) is 18.6 Å². The van der Waals surface area contributed by atoms with Crippen LogP contribution in [0.1, 0.15) is 17.5 Å². The number of benzene rings is 1. The Morgan fingerprint density at radius 3 is 2.77 bits per heavy atom. The summed E-state index contributed by atoms with van der Waals surface area (Å²) in [6, 6.07) is 7.71. The van der Waals surface area contributed by atoms with E-state index in [4.69, 9.17) is 16.3 Å². The van der Waals surface area contributed by atoms with E-state index in [2.05, 4.69) is 20.8 Å². The molecule has 8 nitrogen and oxygen atoms in total. The van der Waals surface area contributed by atoms with Crippen LogP contribution in [-0.2, 0) is 23.0 Å². The topological polar surface area (TPSA) is 85.2 Å². The minimum absolute atomic E-state index is 0.162. The summed E-state index contributed by atoms with van der Waals surface area (Å²) in [6.07, 6.45) is 0.400. The predicted molar refractivity (Wildman–Crippen MR) is 94.5 cm³/mol. The van der Waals surface area contributed by atoms with E-state index in [9.17, 15) is 4.79 Å². The van der Waals surface area contributed by atoms with Crippen LogP contribution in [0, 0.1) is 5.41 Å². The zero-order valence-electron chi connectivity index (χ0n) is 14.6. The third-order valence-electron chi connectivity index (χ3n) is 5.13. The van der Waals surface area contributed by atoms with Crippen LogP contribution < -0.4 is 5.32 Å². The average molecular weight is 377 g/mol. The van der Waals surface area contributed by atoms with Crippen molar-refractivity contribution in [3.05, 3.63) is 40.7 Å². The fourth-order valence-corrected chi connectivity index (χ4v) is 3.73. The Morgan fingerprint density at radius 1 is 1.38 bits per heavy atom. The number of aromatic nitrogens is 4. The second kappa shape index (κ2) is 6.94. The van der Waals surface area contributed by atoms with Crippen LogP contribution in [0.4, 0.5) is 0 Å². The lowest BCUT2D eigenvalue weighted by Crippen LogP contribution is -2.64. The summed E-state index contributed by atoms with van der Waals surface area (Å²) < 4.78 is 7.38. The van der Waals surface area contributed by atoms with Crippen LogP contribution >= 0.6 is 11.6 Å². The van der Waals surface area contributed by atoms with Crippen molar-refractivity contribution in [2.24, 2.45) is 12.5 Å². The number of rotatable bonds is 4. The maximum absolute atomic E-state index is 13.3. The van der Waals surface area contributed by atoms with Gasteiger partial charge in [0.15, 0.2) is 5.82 Å². The number of nitrogens with one attached hydrogen (secondary N) is 1. The van der Waals surface area contributed by atoms with Crippen LogP contribution in [0.3, 0.4) is 0 Å². The van der Waals surface area contributed by atoms with Gasteiger partial charge in [-0.05, 0) is 34.5 Å². The first-order chi connectivity index (χ1) is 12.6. The van der Waals surface area contributed by atoms with E-state index in [1.54, 1.807) is 11.7 Å². The number of carbonyl (C=O) groups excluding carboxylic acids is 1. The molecular weight excluding hydrogens is 356 g/mol. The number of carbonyl (C=O) groups is 1. The highest BCUT2D eigenvalue weighted by molar-refractivity contribution is 6.30. The molecule has 2 aliphatic rings. The van der Waals surface area contributed by atoms with Gasteiger partial charge in [0.2, 0.25) is 5.91 Å². The van der Waals surface area contributed by atoms with Crippen molar-refractivity contribution in [2.45, 2.75) is 12.5 Å². The van der Waals surface area contributed by atoms with Crippen molar-refractivity contribution in [2.75, 3.05) is 32.8 Å². The van der Waals surface area contributed by atoms with Crippen molar-refractivity contribution < 1.29 is 9.53 Å². The largest absolute Gasteiger partial charge is 0.366 e. The first-order valence-electron chi connectivity index (χ1n) is 8.66. The summed E-state index contributed by atoms with van der Waals surface area (Å²) in [5.74, 6) is 0.801. The van der Waals surface area contributed by atoms with E-state index in [-0.39, 0.29) is 12.0 Å². The minimum atomic E-state index is -0.409. The second-order valence-electron chi connectivity index (χ2n) is 6.96. The molecule has 9 heteroatoms. The molecule has 1 aromatic heterocycles. The molecular formula is C17H21ClN6O2. The van der Waals surface area contributed by atoms with Crippen molar-refractivity contribution in [1.82, 2.24) is 30.4 Å². The summed E-state index contributed by atoms with van der Waals surface area (Å²) in [4.78, 5) is 15.2. The molecule has 2 saturated heterocycles. The number of ether oxygens (including phenoxy) is 1. The van der Waals surface area contributed by atoms with Gasteiger partial charge in [-0.3, -0.25) is 4.79 Å². The smallest absolute Gasteiger partial charge is 0.231 e. The normalized spacial score (nSPS) is 22.1. The molecule has 2 aromatic rings. The van der Waals surface area contributed by atoms with E-state index >= 15 is 0 Å². The number of hydrogen-bond acceptors (Lipinski definition) is 6. The fourth-order valence-electron chi connectivity index (χ4n) is 3.61. The number of aryl methyl sites for hydroxylation is 1. The number of nitrogens with zero attached hydrogens (tertiary/aromatic N) is 5. The maximum atomic E-state index is 13.3. The summed E-state index contributed by atoms with van der Waals surface area (Å²) in [7, 11) is 1.78. The van der Waals surface area contributed by atoms with Gasteiger partial charge in [-0.15, -0.1) is 5.10 Å². The predicted octanol–water partition coefficient (Wildman–Crippen LogP) is 0.596. The lowest BCUT2D eigenvalue weighted by atomic mass is 9.75. The Labute approximate surface area is 156 Å². The maximum Gasteiger partial charge on any atom is 0.231 e. The van der Waals surface area contributed by atoms with Crippen molar-refractivity contribution in [1.29, 1.82) is 0 Å². The van der Waals surface area contributed by atoms with Crippen LogP contribution in [0.25, 0.3) is 0 Å². The van der Waals surface area contributed by atoms with E-state index < -0.39 is 5.41 Å². The quantitative estimate of drug-likeness (QED) is 0.841. The third-order valence-corrected chi connectivity index (χ3v) is 5.38. The lowest BCUT2D eigenvalue weighted by molar-refractivity contribution is -0.153. The van der Waals surface area contributed by atoms with Crippen molar-refractivity contribution in [3.8, 4) is 0 Å². The number of halogens is 1. The van der Waals surface area contributed by atoms with Crippen LogP contribution in [0.15, 0.2) is 24.3 Å². The van der Waals surface area contributed by atoms with Gasteiger partial charge in [-0.2, -0.15) is 0 Å². The number of morpholine rings is 1. The molecule has 0 spiro atoms. The molecule has 0 saturated carbocycles. The van der Waals surface area contributed by atoms with Gasteiger partial charge < -0.3 is 15.0 Å². The number of amides is 1. The zero-order chi connectivity index (χ0) is 18.1. The summed E-state index contributed by atoms with van der Waals surface area (Å²) in [5.41, 5.74) is 0.708. The second-order valence-corrected chi connectivity index (χ2v) is 7.39. The number of hydrogen-bond donors (Lipinski definition) is 1. The Balaban J connectivity index is 1.49. The molecule has 1 unspecified atom stereocenters. The van der Waals surface area contributed by atoms with Crippen LogP contribution in [0.2, 0.25) is 5.02 Å². The monoisotopic (exact) mass is 376 g/mol. The molecule has 138 valence electrons. The minimum Gasteiger partial charge on any atom is -0.366 e. The molecule has 1 N–H and O–H groups in total. The Hall–Kier alpha value is -2.03. The summed E-state index contributed by atoms with van der Waals surface area (Å²) in [5, 5.41) is 15.5. The van der Waals surface area contributed by atoms with Gasteiger partial charge in [0.1, 0.15) is 6.10 Å². The molecule has 0 aliphatic carbocycles. The highest BCUT2D eigenvalue weighted by atomic mass is 35.5. The van der Waals surface area contributed by atoms with E-state index in [1.807, 2.05) is 29.2 Å². The lowest BCUT2D eigenvalue weighted by Gasteiger charge is -2.46. The Kier molecular flexibility index (Phi) is 4.64. The van der Waals surface area contributed by atoms with E-state index in [0.717, 1.165) is 5.56 Å². The van der Waals surface area contributed by atoms with Gasteiger partial charge in [-0.1, -0.05) is 23.7 Å². The summed E-state index contributed by atoms with van der Waals surface area (Å²) >= 11 is 5.97. The van der Waals surface area contributed by atoms with Crippen LogP contribution in [-0.4, -0.2) is 63.8 Å². The Bertz CT molecular complexity index is 789. The SMILES string of the molecule is Cn1nnnc1C1CN(C(=O)C2(Cc3ccc(Cl)cc3)CNC2)CCO1. The molecule has 26 heavy (non-hydrogen) atoms. The number of tetrazole rings is 1. The van der Waals surface area contributed by atoms with E-state index in [0.29, 0.717) is 50.1 Å². The first kappa shape index (κ1) is 17.4. The summed E-state index contributed by atoms with van der Waals surface area (Å²) in [6.45, 7) is 2.90. The highest BCUT2D eigenvalue weighted by Crippen LogP contribution is 2.32. The fraction of sp³-hybridized carbons (Fsp3) is 0.529. The molecule has 1 amide bonds. The molecule has 3 heterocycles. The van der Waals surface area contributed by atoms with Gasteiger partial charge in [0.25, 0.3) is 0 Å². The average Bonchev–Trinajstić information content (AvgIpc) is 3.05. The zero-order valence-corrected chi connectivity index (χ0v) is 15.3. The molecule has 1 atom stereocenters. The standard InChI is InChI=1S/C17H21ClN6O2/c1-23-15(20-21-22-23)14-9-24(6-7-26-14)16(25)17(10-19-11-17)8-12-2-4-13(18)5-3-12/h2-5,14,19H,6-11H2,1H3. The molecule has 4 rings (SSSR count). The van der Waals surface area contributed by atoms with E-state index in [1.165, 1.54) is 0 Å².